The molecule has 1 atom stereocenters. The maximum absolute atomic E-state index is 10.9. The van der Waals surface area contributed by atoms with Crippen LogP contribution in [0.1, 0.15) is 32.6 Å². The monoisotopic (exact) mass is 206 g/mol. The van der Waals surface area contributed by atoms with Crippen LogP contribution >= 0.6 is 0 Å². The van der Waals surface area contributed by atoms with Gasteiger partial charge < -0.3 is 10.2 Å². The Labute approximate surface area is 83.6 Å². The fraction of sp³-hybridized carbons (Fsp3) is 0.889. The molecule has 0 aliphatic heterocycles. The third kappa shape index (κ3) is 7.97. The predicted octanol–water partition coefficient (Wildman–Crippen LogP) is 0.395. The molecule has 5 heteroatoms. The highest BCUT2D eigenvalue weighted by Crippen LogP contribution is 2.00. The van der Waals surface area contributed by atoms with E-state index >= 15 is 0 Å². The number of carbonyl (C=O) groups excluding carboxylic acids is 1. The van der Waals surface area contributed by atoms with Gasteiger partial charge in [0, 0.05) is 6.42 Å². The molecule has 0 saturated carbocycles. The van der Waals surface area contributed by atoms with Gasteiger partial charge in [0.05, 0.1) is 6.61 Å². The number of unbranched alkanes of at least 4 members (excludes halogenated alkanes) is 2. The van der Waals surface area contributed by atoms with E-state index in [4.69, 9.17) is 10.2 Å². The zero-order chi connectivity index (χ0) is 10.8. The lowest BCUT2D eigenvalue weighted by Gasteiger charge is -2.06. The molecule has 0 aromatic heterocycles. The summed E-state index contributed by atoms with van der Waals surface area (Å²) >= 11 is 0. The number of carbonyl (C=O) groups is 1. The third-order valence-electron chi connectivity index (χ3n) is 1.61. The molecule has 0 rings (SSSR count). The Balaban J connectivity index is 3.26. The van der Waals surface area contributed by atoms with E-state index in [1.807, 2.05) is 6.92 Å². The van der Waals surface area contributed by atoms with Gasteiger partial charge in [-0.05, 0) is 6.42 Å². The van der Waals surface area contributed by atoms with Crippen molar-refractivity contribution in [2.45, 2.75) is 38.7 Å². The van der Waals surface area contributed by atoms with Crippen molar-refractivity contribution >= 4 is 5.97 Å². The summed E-state index contributed by atoms with van der Waals surface area (Å²) in [7, 11) is 0. The van der Waals surface area contributed by atoms with Crippen LogP contribution in [-0.4, -0.2) is 35.5 Å². The number of rotatable bonds is 8. The lowest BCUT2D eigenvalue weighted by atomic mass is 10.2. The van der Waals surface area contributed by atoms with E-state index < -0.39 is 18.7 Å². The molecule has 2 N–H and O–H groups in total. The minimum absolute atomic E-state index is 0.198. The molecule has 0 aliphatic rings. The standard InChI is InChI=1S/C9H18O5/c1-2-3-4-5-9(12)14-13-7-8(11)6-10/h8,10-11H,2-7H2,1H3. The third-order valence-corrected chi connectivity index (χ3v) is 1.61. The molecule has 0 bridgehead atoms. The minimum atomic E-state index is -1.00. The highest BCUT2D eigenvalue weighted by molar-refractivity contribution is 5.68. The lowest BCUT2D eigenvalue weighted by Crippen LogP contribution is -2.20. The van der Waals surface area contributed by atoms with E-state index in [2.05, 4.69) is 9.78 Å². The molecule has 1 unspecified atom stereocenters. The van der Waals surface area contributed by atoms with Crippen LogP contribution in [0.4, 0.5) is 0 Å². The van der Waals surface area contributed by atoms with Crippen LogP contribution in [-0.2, 0) is 14.6 Å². The van der Waals surface area contributed by atoms with Crippen LogP contribution in [0.3, 0.4) is 0 Å². The molecule has 0 fully saturated rings. The van der Waals surface area contributed by atoms with E-state index in [-0.39, 0.29) is 6.61 Å². The Bertz CT molecular complexity index is 148. The second kappa shape index (κ2) is 8.93. The van der Waals surface area contributed by atoms with Gasteiger partial charge in [-0.2, -0.15) is 4.89 Å². The second-order valence-electron chi connectivity index (χ2n) is 3.03. The highest BCUT2D eigenvalue weighted by atomic mass is 17.2. The zero-order valence-electron chi connectivity index (χ0n) is 8.44. The molecule has 0 radical (unpaired) electrons. The fourth-order valence-electron chi connectivity index (χ4n) is 0.792. The molecule has 0 heterocycles. The first-order chi connectivity index (χ1) is 6.70. The summed E-state index contributed by atoms with van der Waals surface area (Å²) in [5.41, 5.74) is 0. The molecule has 0 aromatic carbocycles. The summed E-state index contributed by atoms with van der Waals surface area (Å²) in [6.07, 6.45) is 2.12. The quantitative estimate of drug-likeness (QED) is 0.341. The maximum Gasteiger partial charge on any atom is 0.342 e. The van der Waals surface area contributed by atoms with Gasteiger partial charge in [-0.3, -0.25) is 4.89 Å². The Morgan fingerprint density at radius 3 is 2.71 bits per heavy atom. The number of aliphatic hydroxyl groups is 2. The van der Waals surface area contributed by atoms with Gasteiger partial charge in [-0.1, -0.05) is 19.8 Å². The van der Waals surface area contributed by atoms with Crippen molar-refractivity contribution in [1.29, 1.82) is 0 Å². The van der Waals surface area contributed by atoms with Crippen molar-refractivity contribution in [3.05, 3.63) is 0 Å². The van der Waals surface area contributed by atoms with Crippen molar-refractivity contribution in [3.8, 4) is 0 Å². The lowest BCUT2D eigenvalue weighted by molar-refractivity contribution is -0.282. The number of hydrogen-bond donors (Lipinski definition) is 2. The maximum atomic E-state index is 10.9. The predicted molar refractivity (Wildman–Crippen MR) is 49.3 cm³/mol. The van der Waals surface area contributed by atoms with Crippen molar-refractivity contribution in [3.63, 3.8) is 0 Å². The molecule has 14 heavy (non-hydrogen) atoms. The molecule has 0 spiro atoms. The SMILES string of the molecule is CCCCCC(=O)OOCC(O)CO. The van der Waals surface area contributed by atoms with Crippen LogP contribution < -0.4 is 0 Å². The van der Waals surface area contributed by atoms with Gasteiger partial charge in [0.25, 0.3) is 0 Å². The summed E-state index contributed by atoms with van der Waals surface area (Å²) in [4.78, 5) is 19.7. The molecular formula is C9H18O5. The van der Waals surface area contributed by atoms with Crippen LogP contribution in [0, 0.1) is 0 Å². The first-order valence-electron chi connectivity index (χ1n) is 4.82. The van der Waals surface area contributed by atoms with E-state index in [1.54, 1.807) is 0 Å². The van der Waals surface area contributed by atoms with Crippen LogP contribution in [0.5, 0.6) is 0 Å². The summed E-state index contributed by atoms with van der Waals surface area (Å²) in [6, 6.07) is 0. The summed E-state index contributed by atoms with van der Waals surface area (Å²) < 4.78 is 0. The van der Waals surface area contributed by atoms with E-state index in [9.17, 15) is 4.79 Å². The van der Waals surface area contributed by atoms with Gasteiger partial charge in [-0.15, -0.1) is 0 Å². The van der Waals surface area contributed by atoms with E-state index in [1.165, 1.54) is 0 Å². The Hall–Kier alpha value is -0.650. The second-order valence-corrected chi connectivity index (χ2v) is 3.03. The summed E-state index contributed by atoms with van der Waals surface area (Å²) in [5.74, 6) is -0.441. The van der Waals surface area contributed by atoms with E-state index in [0.29, 0.717) is 6.42 Å². The van der Waals surface area contributed by atoms with Crippen molar-refractivity contribution in [1.82, 2.24) is 0 Å². The summed E-state index contributed by atoms with van der Waals surface area (Å²) in [5, 5.41) is 17.2. The van der Waals surface area contributed by atoms with Crippen molar-refractivity contribution < 1.29 is 24.8 Å². The van der Waals surface area contributed by atoms with Gasteiger partial charge in [0.15, 0.2) is 0 Å². The zero-order valence-corrected chi connectivity index (χ0v) is 8.44. The molecule has 0 amide bonds. The molecular weight excluding hydrogens is 188 g/mol. The fourth-order valence-corrected chi connectivity index (χ4v) is 0.792. The largest absolute Gasteiger partial charge is 0.394 e. The molecule has 0 aliphatic carbocycles. The summed E-state index contributed by atoms with van der Waals surface area (Å²) in [6.45, 7) is 1.43. The van der Waals surface area contributed by atoms with Gasteiger partial charge in [0.2, 0.25) is 0 Å². The average molecular weight is 206 g/mol. The Morgan fingerprint density at radius 2 is 2.14 bits per heavy atom. The Morgan fingerprint density at radius 1 is 1.43 bits per heavy atom. The van der Waals surface area contributed by atoms with Crippen molar-refractivity contribution in [2.75, 3.05) is 13.2 Å². The smallest absolute Gasteiger partial charge is 0.342 e. The van der Waals surface area contributed by atoms with Crippen LogP contribution in [0.2, 0.25) is 0 Å². The topological polar surface area (TPSA) is 76.0 Å². The molecule has 84 valence electrons. The molecule has 0 aromatic rings. The number of hydrogen-bond acceptors (Lipinski definition) is 5. The van der Waals surface area contributed by atoms with Gasteiger partial charge in [0.1, 0.15) is 12.7 Å². The van der Waals surface area contributed by atoms with Crippen LogP contribution in [0.25, 0.3) is 0 Å². The van der Waals surface area contributed by atoms with Gasteiger partial charge >= 0.3 is 5.97 Å². The minimum Gasteiger partial charge on any atom is -0.394 e. The van der Waals surface area contributed by atoms with Crippen LogP contribution in [0.15, 0.2) is 0 Å². The highest BCUT2D eigenvalue weighted by Gasteiger charge is 2.06. The Kier molecular flexibility index (Phi) is 8.51. The van der Waals surface area contributed by atoms with Crippen molar-refractivity contribution in [2.24, 2.45) is 0 Å². The van der Waals surface area contributed by atoms with E-state index in [0.717, 1.165) is 19.3 Å². The molecule has 5 nitrogen and oxygen atoms in total. The first-order valence-corrected chi connectivity index (χ1v) is 4.82. The molecule has 0 saturated heterocycles. The average Bonchev–Trinajstić information content (AvgIpc) is 2.18. The first kappa shape index (κ1) is 13.4. The number of aliphatic hydroxyl groups excluding tert-OH is 2. The van der Waals surface area contributed by atoms with Gasteiger partial charge in [-0.25, -0.2) is 4.79 Å². The normalized spacial score (nSPS) is 12.5.